The van der Waals surface area contributed by atoms with Gasteiger partial charge in [0.15, 0.2) is 6.29 Å². The highest BCUT2D eigenvalue weighted by molar-refractivity contribution is 5.80. The van der Waals surface area contributed by atoms with Gasteiger partial charge in [0.25, 0.3) is 0 Å². The topological polar surface area (TPSA) is 35.5 Å². The molecule has 17 heavy (non-hydrogen) atoms. The fraction of sp³-hybridized carbons (Fsp3) is 0.500. The molecule has 92 valence electrons. The number of aldehydes is 1. The number of benzene rings is 1. The fourth-order valence-corrected chi connectivity index (χ4v) is 2.35. The zero-order valence-electron chi connectivity index (χ0n) is 10.3. The molecule has 0 aromatic heterocycles. The molecular formula is C14H18O3. The molecule has 2 unspecified atom stereocenters. The van der Waals surface area contributed by atoms with E-state index < -0.39 is 0 Å². The van der Waals surface area contributed by atoms with Crippen LogP contribution in [0.25, 0.3) is 0 Å². The summed E-state index contributed by atoms with van der Waals surface area (Å²) in [7, 11) is 1.61. The summed E-state index contributed by atoms with van der Waals surface area (Å²) < 4.78 is 11.0. The van der Waals surface area contributed by atoms with E-state index in [0.29, 0.717) is 29.9 Å². The van der Waals surface area contributed by atoms with Gasteiger partial charge in [-0.05, 0) is 25.8 Å². The summed E-state index contributed by atoms with van der Waals surface area (Å²) in [6, 6.07) is 5.71. The number of hydrogen-bond donors (Lipinski definition) is 0. The predicted molar refractivity (Wildman–Crippen MR) is 65.8 cm³/mol. The second-order valence-electron chi connectivity index (χ2n) is 4.51. The van der Waals surface area contributed by atoms with E-state index in [9.17, 15) is 4.79 Å². The summed E-state index contributed by atoms with van der Waals surface area (Å²) in [5, 5.41) is 0. The van der Waals surface area contributed by atoms with Crippen LogP contribution in [0.4, 0.5) is 0 Å². The third-order valence-electron chi connectivity index (χ3n) is 3.35. The number of methoxy groups -OCH3 is 1. The lowest BCUT2D eigenvalue weighted by Crippen LogP contribution is -2.22. The number of carbonyl (C=O) groups excluding carboxylic acids is 1. The summed E-state index contributed by atoms with van der Waals surface area (Å²) in [6.45, 7) is 2.80. The number of rotatable bonds is 3. The average Bonchev–Trinajstić information content (AvgIpc) is 2.38. The Bertz CT molecular complexity index is 392. The van der Waals surface area contributed by atoms with Gasteiger partial charge in [0.2, 0.25) is 0 Å². The van der Waals surface area contributed by atoms with Crippen molar-refractivity contribution >= 4 is 6.29 Å². The standard InChI is InChI=1S/C14H18O3/c1-10-6-7-12(9-17-10)13-5-3-4-11(8-15)14(13)16-2/h3-5,8,10,12H,6-7,9H2,1-2H3. The molecular weight excluding hydrogens is 216 g/mol. The second kappa shape index (κ2) is 5.32. The molecule has 0 aliphatic carbocycles. The quantitative estimate of drug-likeness (QED) is 0.754. The maximum atomic E-state index is 11.0. The van der Waals surface area contributed by atoms with Gasteiger partial charge in [-0.3, -0.25) is 4.79 Å². The maximum Gasteiger partial charge on any atom is 0.153 e. The van der Waals surface area contributed by atoms with Crippen molar-refractivity contribution in [2.75, 3.05) is 13.7 Å². The van der Waals surface area contributed by atoms with Crippen molar-refractivity contribution in [3.8, 4) is 5.75 Å². The summed E-state index contributed by atoms with van der Waals surface area (Å²) in [6.07, 6.45) is 3.32. The van der Waals surface area contributed by atoms with Crippen LogP contribution < -0.4 is 4.74 Å². The molecule has 0 saturated carbocycles. The van der Waals surface area contributed by atoms with Gasteiger partial charge >= 0.3 is 0 Å². The predicted octanol–water partition coefficient (Wildman–Crippen LogP) is 2.79. The molecule has 1 aliphatic rings. The van der Waals surface area contributed by atoms with Gasteiger partial charge in [-0.15, -0.1) is 0 Å². The van der Waals surface area contributed by atoms with Crippen molar-refractivity contribution in [1.82, 2.24) is 0 Å². The first-order valence-corrected chi connectivity index (χ1v) is 6.00. The van der Waals surface area contributed by atoms with Crippen molar-refractivity contribution in [2.24, 2.45) is 0 Å². The van der Waals surface area contributed by atoms with Crippen molar-refractivity contribution in [3.63, 3.8) is 0 Å². The van der Waals surface area contributed by atoms with E-state index in [4.69, 9.17) is 9.47 Å². The van der Waals surface area contributed by atoms with E-state index >= 15 is 0 Å². The Kier molecular flexibility index (Phi) is 3.79. The van der Waals surface area contributed by atoms with E-state index in [2.05, 4.69) is 6.92 Å². The van der Waals surface area contributed by atoms with Crippen molar-refractivity contribution < 1.29 is 14.3 Å². The van der Waals surface area contributed by atoms with Crippen LogP contribution in [0.5, 0.6) is 5.75 Å². The zero-order valence-corrected chi connectivity index (χ0v) is 10.3. The first-order valence-electron chi connectivity index (χ1n) is 6.00. The first-order chi connectivity index (χ1) is 8.26. The Labute approximate surface area is 102 Å². The van der Waals surface area contributed by atoms with Crippen LogP contribution in [-0.2, 0) is 4.74 Å². The van der Waals surface area contributed by atoms with E-state index in [1.54, 1.807) is 13.2 Å². The van der Waals surface area contributed by atoms with Crippen LogP contribution in [0, 0.1) is 0 Å². The highest BCUT2D eigenvalue weighted by Crippen LogP contribution is 2.35. The molecule has 1 aliphatic heterocycles. The molecule has 1 aromatic carbocycles. The molecule has 1 fully saturated rings. The van der Waals surface area contributed by atoms with Gasteiger partial charge < -0.3 is 9.47 Å². The zero-order chi connectivity index (χ0) is 12.3. The van der Waals surface area contributed by atoms with Gasteiger partial charge in [-0.25, -0.2) is 0 Å². The maximum absolute atomic E-state index is 11.0. The lowest BCUT2D eigenvalue weighted by atomic mass is 9.90. The van der Waals surface area contributed by atoms with Crippen LogP contribution in [-0.4, -0.2) is 26.1 Å². The molecule has 0 N–H and O–H groups in total. The minimum atomic E-state index is 0.334. The molecule has 2 atom stereocenters. The second-order valence-corrected chi connectivity index (χ2v) is 4.51. The summed E-state index contributed by atoms with van der Waals surface area (Å²) in [5.41, 5.74) is 1.70. The molecule has 1 aromatic rings. The van der Waals surface area contributed by atoms with E-state index in [0.717, 1.165) is 24.7 Å². The van der Waals surface area contributed by atoms with Gasteiger partial charge in [0, 0.05) is 11.5 Å². The fourth-order valence-electron chi connectivity index (χ4n) is 2.35. The number of hydrogen-bond acceptors (Lipinski definition) is 3. The molecule has 0 spiro atoms. The lowest BCUT2D eigenvalue weighted by molar-refractivity contribution is 0.0150. The largest absolute Gasteiger partial charge is 0.496 e. The van der Waals surface area contributed by atoms with Crippen LogP contribution in [0.15, 0.2) is 18.2 Å². The Morgan fingerprint density at radius 2 is 2.24 bits per heavy atom. The molecule has 0 amide bonds. The number of ether oxygens (including phenoxy) is 2. The Balaban J connectivity index is 2.28. The van der Waals surface area contributed by atoms with Crippen molar-refractivity contribution in [2.45, 2.75) is 31.8 Å². The minimum absolute atomic E-state index is 0.334. The SMILES string of the molecule is COc1c(C=O)cccc1C1CCC(C)OC1. The van der Waals surface area contributed by atoms with Gasteiger partial charge in [0.05, 0.1) is 25.4 Å². The minimum Gasteiger partial charge on any atom is -0.496 e. The van der Waals surface area contributed by atoms with E-state index in [-0.39, 0.29) is 0 Å². The Morgan fingerprint density at radius 1 is 1.41 bits per heavy atom. The smallest absolute Gasteiger partial charge is 0.153 e. The average molecular weight is 234 g/mol. The normalized spacial score (nSPS) is 24.4. The van der Waals surface area contributed by atoms with Crippen molar-refractivity contribution in [3.05, 3.63) is 29.3 Å². The summed E-state index contributed by atoms with van der Waals surface area (Å²) >= 11 is 0. The monoisotopic (exact) mass is 234 g/mol. The Morgan fingerprint density at radius 3 is 2.82 bits per heavy atom. The van der Waals surface area contributed by atoms with Crippen LogP contribution in [0.2, 0.25) is 0 Å². The van der Waals surface area contributed by atoms with Gasteiger partial charge in [-0.2, -0.15) is 0 Å². The molecule has 2 rings (SSSR count). The third-order valence-corrected chi connectivity index (χ3v) is 3.35. The van der Waals surface area contributed by atoms with Crippen LogP contribution in [0.3, 0.4) is 0 Å². The summed E-state index contributed by atoms with van der Waals surface area (Å²) in [4.78, 5) is 11.0. The molecule has 3 heteroatoms. The Hall–Kier alpha value is -1.35. The van der Waals surface area contributed by atoms with E-state index in [1.165, 1.54) is 0 Å². The van der Waals surface area contributed by atoms with Gasteiger partial charge in [0.1, 0.15) is 5.75 Å². The van der Waals surface area contributed by atoms with Gasteiger partial charge in [-0.1, -0.05) is 12.1 Å². The third kappa shape index (κ3) is 2.50. The van der Waals surface area contributed by atoms with Crippen LogP contribution >= 0.6 is 0 Å². The number of carbonyl (C=O) groups is 1. The van der Waals surface area contributed by atoms with Crippen molar-refractivity contribution in [1.29, 1.82) is 0 Å². The highest BCUT2D eigenvalue weighted by atomic mass is 16.5. The first kappa shape index (κ1) is 12.1. The molecule has 1 saturated heterocycles. The lowest BCUT2D eigenvalue weighted by Gasteiger charge is -2.28. The highest BCUT2D eigenvalue weighted by Gasteiger charge is 2.23. The molecule has 0 bridgehead atoms. The van der Waals surface area contributed by atoms with Crippen LogP contribution in [0.1, 0.15) is 41.6 Å². The molecule has 0 radical (unpaired) electrons. The number of para-hydroxylation sites is 1. The summed E-state index contributed by atoms with van der Waals surface area (Å²) in [5.74, 6) is 1.03. The molecule has 3 nitrogen and oxygen atoms in total. The molecule has 1 heterocycles. The van der Waals surface area contributed by atoms with E-state index in [1.807, 2.05) is 12.1 Å².